The Bertz CT molecular complexity index is 758. The first-order valence-electron chi connectivity index (χ1n) is 11.4. The fourth-order valence-electron chi connectivity index (χ4n) is 6.76. The third-order valence-electron chi connectivity index (χ3n) is 8.26. The third kappa shape index (κ3) is 2.56. The van der Waals surface area contributed by atoms with Crippen LogP contribution in [-0.4, -0.2) is 45.9 Å². The molecule has 2 N–H and O–H groups in total. The molecule has 4 heteroatoms. The lowest BCUT2D eigenvalue weighted by Gasteiger charge is -2.64. The predicted molar refractivity (Wildman–Crippen MR) is 110 cm³/mol. The number of fused-ring (bicyclic) bond motifs is 1. The summed E-state index contributed by atoms with van der Waals surface area (Å²) in [5.74, 6) is 1.68. The summed E-state index contributed by atoms with van der Waals surface area (Å²) < 4.78 is 5.91. The molecule has 3 atom stereocenters. The minimum Gasteiger partial charge on any atom is -0.504 e. The van der Waals surface area contributed by atoms with Crippen molar-refractivity contribution < 1.29 is 14.9 Å². The van der Waals surface area contributed by atoms with Gasteiger partial charge < -0.3 is 14.9 Å². The topological polar surface area (TPSA) is 52.9 Å². The van der Waals surface area contributed by atoms with Crippen LogP contribution in [0.1, 0.15) is 76.3 Å². The van der Waals surface area contributed by atoms with Crippen molar-refractivity contribution in [2.75, 3.05) is 13.1 Å². The highest BCUT2D eigenvalue weighted by molar-refractivity contribution is 5.58. The number of phenolic OH excluding ortho intramolecular Hbond substituents is 1. The van der Waals surface area contributed by atoms with Gasteiger partial charge in [-0.15, -0.1) is 0 Å². The molecular formula is C24H35NO3. The molecule has 0 radical (unpaired) electrons. The molecule has 28 heavy (non-hydrogen) atoms. The lowest BCUT2D eigenvalue weighted by Crippen LogP contribution is -2.72. The van der Waals surface area contributed by atoms with Gasteiger partial charge in [-0.25, -0.2) is 0 Å². The van der Waals surface area contributed by atoms with E-state index in [0.29, 0.717) is 5.75 Å². The molecule has 1 heterocycles. The summed E-state index contributed by atoms with van der Waals surface area (Å²) in [6.45, 7) is 6.16. The van der Waals surface area contributed by atoms with Crippen LogP contribution in [0.15, 0.2) is 12.1 Å². The summed E-state index contributed by atoms with van der Waals surface area (Å²) >= 11 is 0. The van der Waals surface area contributed by atoms with E-state index in [2.05, 4.69) is 11.0 Å². The number of aliphatic hydroxyl groups is 1. The number of ether oxygens (including phenoxy) is 1. The van der Waals surface area contributed by atoms with E-state index in [1.807, 2.05) is 19.9 Å². The number of phenols is 1. The summed E-state index contributed by atoms with van der Waals surface area (Å²) in [5, 5.41) is 23.4. The molecule has 0 unspecified atom stereocenters. The molecule has 1 saturated heterocycles. The number of hydrogen-bond donors (Lipinski definition) is 2. The predicted octanol–water partition coefficient (Wildman–Crippen LogP) is 4.15. The normalized spacial score (nSPS) is 35.2. The fourth-order valence-corrected chi connectivity index (χ4v) is 6.76. The molecule has 4 nitrogen and oxygen atoms in total. The summed E-state index contributed by atoms with van der Waals surface area (Å²) in [6.07, 6.45) is 9.92. The van der Waals surface area contributed by atoms with Crippen molar-refractivity contribution in [2.45, 2.75) is 94.8 Å². The number of rotatable bonds is 4. The molecule has 2 saturated carbocycles. The van der Waals surface area contributed by atoms with Crippen LogP contribution in [0.5, 0.6) is 11.5 Å². The SMILES string of the molecule is CC(C)Oc1ccc2c(c1O)[C@@]13CCCC[C@@]1(O)[C@@H](C2)N(CC1CCC1)CC3. The third-order valence-corrected chi connectivity index (χ3v) is 8.26. The van der Waals surface area contributed by atoms with Crippen LogP contribution in [0.3, 0.4) is 0 Å². The van der Waals surface area contributed by atoms with Crippen LogP contribution in [-0.2, 0) is 11.8 Å². The highest BCUT2D eigenvalue weighted by Gasteiger charge is 2.64. The first-order chi connectivity index (χ1) is 13.4. The monoisotopic (exact) mass is 385 g/mol. The van der Waals surface area contributed by atoms with Crippen molar-refractivity contribution in [3.63, 3.8) is 0 Å². The summed E-state index contributed by atoms with van der Waals surface area (Å²) in [4.78, 5) is 2.60. The van der Waals surface area contributed by atoms with E-state index in [4.69, 9.17) is 4.74 Å². The van der Waals surface area contributed by atoms with Gasteiger partial charge in [0.05, 0.1) is 11.7 Å². The van der Waals surface area contributed by atoms with Crippen molar-refractivity contribution in [1.82, 2.24) is 4.90 Å². The summed E-state index contributed by atoms with van der Waals surface area (Å²) in [6, 6.07) is 4.28. The first-order valence-corrected chi connectivity index (χ1v) is 11.4. The number of piperidine rings is 1. The van der Waals surface area contributed by atoms with E-state index >= 15 is 0 Å². The van der Waals surface area contributed by atoms with E-state index in [1.54, 1.807) is 0 Å². The highest BCUT2D eigenvalue weighted by Crippen LogP contribution is 2.61. The van der Waals surface area contributed by atoms with Crippen molar-refractivity contribution >= 4 is 0 Å². The molecule has 1 aromatic rings. The first kappa shape index (κ1) is 18.7. The maximum Gasteiger partial charge on any atom is 0.161 e. The standard InChI is InChI=1S/C24H35NO3/c1-16(2)28-19-9-8-18-14-20-24(27)11-4-3-10-23(24,21(18)22(19)26)12-13-25(20)15-17-6-5-7-17/h8-9,16-17,20,26-27H,3-7,10-15H2,1-2H3/t20-,23+,24-/m1/s1. The largest absolute Gasteiger partial charge is 0.504 e. The van der Waals surface area contributed by atoms with Gasteiger partial charge in [-0.3, -0.25) is 4.90 Å². The Morgan fingerprint density at radius 3 is 2.64 bits per heavy atom. The zero-order valence-corrected chi connectivity index (χ0v) is 17.4. The Kier molecular flexibility index (Phi) is 4.44. The minimum atomic E-state index is -0.728. The molecule has 5 rings (SSSR count). The average molecular weight is 386 g/mol. The maximum atomic E-state index is 12.2. The number of likely N-dealkylation sites (tertiary alicyclic amines) is 1. The van der Waals surface area contributed by atoms with Gasteiger partial charge in [-0.05, 0) is 76.5 Å². The molecule has 154 valence electrons. The van der Waals surface area contributed by atoms with Crippen LogP contribution in [0.2, 0.25) is 0 Å². The van der Waals surface area contributed by atoms with Crippen LogP contribution >= 0.6 is 0 Å². The molecule has 1 aromatic carbocycles. The van der Waals surface area contributed by atoms with Gasteiger partial charge in [-0.1, -0.05) is 25.3 Å². The van der Waals surface area contributed by atoms with Crippen molar-refractivity contribution in [2.24, 2.45) is 5.92 Å². The summed E-state index contributed by atoms with van der Waals surface area (Å²) in [5.41, 5.74) is 1.18. The fraction of sp³-hybridized carbons (Fsp3) is 0.750. The quantitative estimate of drug-likeness (QED) is 0.817. The average Bonchev–Trinajstić information content (AvgIpc) is 2.61. The zero-order valence-electron chi connectivity index (χ0n) is 17.4. The van der Waals surface area contributed by atoms with Crippen LogP contribution in [0.25, 0.3) is 0 Å². The van der Waals surface area contributed by atoms with Crippen molar-refractivity contribution in [3.05, 3.63) is 23.3 Å². The second-order valence-corrected chi connectivity index (χ2v) is 10.1. The van der Waals surface area contributed by atoms with Crippen LogP contribution in [0.4, 0.5) is 0 Å². The molecular weight excluding hydrogens is 350 g/mol. The smallest absolute Gasteiger partial charge is 0.161 e. The molecule has 3 fully saturated rings. The van der Waals surface area contributed by atoms with E-state index < -0.39 is 5.60 Å². The molecule has 0 spiro atoms. The Morgan fingerprint density at radius 2 is 1.93 bits per heavy atom. The number of aromatic hydroxyl groups is 1. The van der Waals surface area contributed by atoms with Gasteiger partial charge in [0.15, 0.2) is 11.5 Å². The van der Waals surface area contributed by atoms with Gasteiger partial charge in [-0.2, -0.15) is 0 Å². The lowest BCUT2D eigenvalue weighted by molar-refractivity contribution is -0.169. The van der Waals surface area contributed by atoms with Gasteiger partial charge in [0.2, 0.25) is 0 Å². The van der Waals surface area contributed by atoms with Crippen LogP contribution < -0.4 is 4.74 Å². The van der Waals surface area contributed by atoms with Gasteiger partial charge >= 0.3 is 0 Å². The Morgan fingerprint density at radius 1 is 1.14 bits per heavy atom. The van der Waals surface area contributed by atoms with Crippen molar-refractivity contribution in [3.8, 4) is 11.5 Å². The molecule has 1 aliphatic heterocycles. The maximum absolute atomic E-state index is 12.2. The van der Waals surface area contributed by atoms with E-state index in [9.17, 15) is 10.2 Å². The van der Waals surface area contributed by atoms with Crippen molar-refractivity contribution in [1.29, 1.82) is 0 Å². The van der Waals surface area contributed by atoms with Gasteiger partial charge in [0.25, 0.3) is 0 Å². The number of benzene rings is 1. The molecule has 4 aliphatic rings. The molecule has 2 bridgehead atoms. The van der Waals surface area contributed by atoms with Gasteiger partial charge in [0.1, 0.15) is 0 Å². The zero-order chi connectivity index (χ0) is 19.5. The molecule has 0 aromatic heterocycles. The Hall–Kier alpha value is -1.26. The van der Waals surface area contributed by atoms with Crippen LogP contribution in [0, 0.1) is 5.92 Å². The van der Waals surface area contributed by atoms with E-state index in [0.717, 1.165) is 63.1 Å². The number of hydrogen-bond acceptors (Lipinski definition) is 4. The Labute approximate surface area is 168 Å². The Balaban J connectivity index is 1.59. The minimum absolute atomic E-state index is 0.0207. The number of nitrogens with zero attached hydrogens (tertiary/aromatic N) is 1. The van der Waals surface area contributed by atoms with E-state index in [1.165, 1.54) is 24.8 Å². The highest BCUT2D eigenvalue weighted by atomic mass is 16.5. The molecule has 3 aliphatic carbocycles. The second-order valence-electron chi connectivity index (χ2n) is 10.1. The summed E-state index contributed by atoms with van der Waals surface area (Å²) in [7, 11) is 0. The lowest BCUT2D eigenvalue weighted by atomic mass is 9.49. The van der Waals surface area contributed by atoms with E-state index in [-0.39, 0.29) is 23.3 Å². The van der Waals surface area contributed by atoms with Gasteiger partial charge in [0, 0.05) is 23.6 Å². The molecule has 0 amide bonds. The second kappa shape index (κ2) is 6.63.